The number of aliphatic carboxylic acids is 1. The molecule has 2 aromatic carbocycles. The summed E-state index contributed by atoms with van der Waals surface area (Å²) in [5.41, 5.74) is 2.63. The van der Waals surface area contributed by atoms with Gasteiger partial charge in [0, 0.05) is 18.3 Å². The monoisotopic (exact) mass is 426 g/mol. The van der Waals surface area contributed by atoms with Gasteiger partial charge >= 0.3 is 12.1 Å². The van der Waals surface area contributed by atoms with Gasteiger partial charge in [-0.2, -0.15) is 0 Å². The molecule has 2 atom stereocenters. The molecule has 1 amide bonds. The SMILES string of the molecule is CCC(Oc1ccc(CC=NOCC2CN(c3ccccc3)C(=O)O2)cc1C)C(=O)O. The van der Waals surface area contributed by atoms with Crippen molar-refractivity contribution >= 4 is 24.0 Å². The molecule has 1 heterocycles. The predicted molar refractivity (Wildman–Crippen MR) is 116 cm³/mol. The van der Waals surface area contributed by atoms with Crippen LogP contribution in [0.3, 0.4) is 0 Å². The maximum absolute atomic E-state index is 12.0. The van der Waals surface area contributed by atoms with Crippen molar-refractivity contribution in [3.63, 3.8) is 0 Å². The number of carbonyl (C=O) groups excluding carboxylic acids is 1. The van der Waals surface area contributed by atoms with Gasteiger partial charge in [-0.25, -0.2) is 9.59 Å². The van der Waals surface area contributed by atoms with E-state index in [9.17, 15) is 9.59 Å². The number of para-hydroxylation sites is 1. The molecule has 0 spiro atoms. The molecule has 8 nitrogen and oxygen atoms in total. The van der Waals surface area contributed by atoms with Crippen molar-refractivity contribution in [3.8, 4) is 5.75 Å². The Kier molecular flexibility index (Phi) is 7.48. The second-order valence-electron chi connectivity index (χ2n) is 7.19. The maximum Gasteiger partial charge on any atom is 0.414 e. The van der Waals surface area contributed by atoms with Crippen LogP contribution in [0.1, 0.15) is 24.5 Å². The molecule has 0 saturated carbocycles. The lowest BCUT2D eigenvalue weighted by molar-refractivity contribution is -0.145. The molecule has 1 saturated heterocycles. The predicted octanol–water partition coefficient (Wildman–Crippen LogP) is 3.81. The number of benzene rings is 2. The fraction of sp³-hybridized carbons (Fsp3) is 0.348. The molecule has 2 aromatic rings. The Bertz CT molecular complexity index is 931. The summed E-state index contributed by atoms with van der Waals surface area (Å²) < 4.78 is 10.9. The number of rotatable bonds is 10. The second-order valence-corrected chi connectivity index (χ2v) is 7.19. The minimum Gasteiger partial charge on any atom is -0.479 e. The van der Waals surface area contributed by atoms with E-state index in [1.807, 2.05) is 49.4 Å². The van der Waals surface area contributed by atoms with Crippen molar-refractivity contribution < 1.29 is 29.0 Å². The Labute approximate surface area is 181 Å². The number of carbonyl (C=O) groups is 2. The van der Waals surface area contributed by atoms with Crippen molar-refractivity contribution in [1.29, 1.82) is 0 Å². The highest BCUT2D eigenvalue weighted by Crippen LogP contribution is 2.22. The molecule has 1 aliphatic rings. The fourth-order valence-electron chi connectivity index (χ4n) is 3.18. The molecular weight excluding hydrogens is 400 g/mol. The van der Waals surface area contributed by atoms with Gasteiger partial charge in [0.1, 0.15) is 5.75 Å². The highest BCUT2D eigenvalue weighted by atomic mass is 16.7. The van der Waals surface area contributed by atoms with Gasteiger partial charge in [0.25, 0.3) is 0 Å². The van der Waals surface area contributed by atoms with E-state index in [0.29, 0.717) is 25.1 Å². The number of cyclic esters (lactones) is 1. The second kappa shape index (κ2) is 10.5. The Hall–Kier alpha value is -3.55. The first-order chi connectivity index (χ1) is 15.0. The van der Waals surface area contributed by atoms with Gasteiger partial charge in [-0.05, 0) is 42.7 Å². The summed E-state index contributed by atoms with van der Waals surface area (Å²) in [7, 11) is 0. The summed E-state index contributed by atoms with van der Waals surface area (Å²) in [6.07, 6.45) is 0.923. The molecular formula is C23H26N2O6. The molecule has 0 aromatic heterocycles. The lowest BCUT2D eigenvalue weighted by atomic mass is 10.1. The van der Waals surface area contributed by atoms with Crippen LogP contribution in [0, 0.1) is 6.92 Å². The average molecular weight is 426 g/mol. The van der Waals surface area contributed by atoms with E-state index >= 15 is 0 Å². The number of anilines is 1. The Morgan fingerprint density at radius 3 is 2.77 bits per heavy atom. The summed E-state index contributed by atoms with van der Waals surface area (Å²) >= 11 is 0. The summed E-state index contributed by atoms with van der Waals surface area (Å²) in [6.45, 7) is 4.22. The molecule has 0 radical (unpaired) electrons. The van der Waals surface area contributed by atoms with Gasteiger partial charge in [0.2, 0.25) is 0 Å². The topological polar surface area (TPSA) is 97.7 Å². The van der Waals surface area contributed by atoms with E-state index in [2.05, 4.69) is 5.16 Å². The summed E-state index contributed by atoms with van der Waals surface area (Å²) in [4.78, 5) is 30.0. The molecule has 2 unspecified atom stereocenters. The van der Waals surface area contributed by atoms with Crippen LogP contribution in [0.2, 0.25) is 0 Å². The fourth-order valence-corrected chi connectivity index (χ4v) is 3.18. The highest BCUT2D eigenvalue weighted by Gasteiger charge is 2.32. The lowest BCUT2D eigenvalue weighted by Crippen LogP contribution is -2.26. The zero-order valence-electron chi connectivity index (χ0n) is 17.6. The van der Waals surface area contributed by atoms with E-state index in [1.54, 1.807) is 24.1 Å². The summed E-state index contributed by atoms with van der Waals surface area (Å²) in [5, 5.41) is 13.1. The first-order valence-electron chi connectivity index (χ1n) is 10.1. The minimum atomic E-state index is -0.977. The lowest BCUT2D eigenvalue weighted by Gasteiger charge is -2.15. The number of aryl methyl sites for hydroxylation is 1. The number of hydrogen-bond acceptors (Lipinski definition) is 6. The smallest absolute Gasteiger partial charge is 0.414 e. The number of carboxylic acid groups (broad SMARTS) is 1. The van der Waals surface area contributed by atoms with Gasteiger partial charge in [-0.15, -0.1) is 0 Å². The Morgan fingerprint density at radius 1 is 1.32 bits per heavy atom. The molecule has 8 heteroatoms. The van der Waals surface area contributed by atoms with Crippen molar-refractivity contribution in [3.05, 3.63) is 59.7 Å². The number of oxime groups is 1. The van der Waals surface area contributed by atoms with Crippen LogP contribution < -0.4 is 9.64 Å². The molecule has 1 fully saturated rings. The van der Waals surface area contributed by atoms with Gasteiger partial charge in [-0.3, -0.25) is 4.90 Å². The van der Waals surface area contributed by atoms with E-state index in [0.717, 1.165) is 16.8 Å². The largest absolute Gasteiger partial charge is 0.479 e. The zero-order valence-corrected chi connectivity index (χ0v) is 17.6. The van der Waals surface area contributed by atoms with E-state index in [1.165, 1.54) is 0 Å². The third kappa shape index (κ3) is 5.97. The third-order valence-electron chi connectivity index (χ3n) is 4.83. The molecule has 3 rings (SSSR count). The van der Waals surface area contributed by atoms with Crippen LogP contribution in [-0.2, 0) is 20.8 Å². The average Bonchev–Trinajstić information content (AvgIpc) is 3.13. The molecule has 0 bridgehead atoms. The van der Waals surface area contributed by atoms with Crippen molar-refractivity contribution in [2.75, 3.05) is 18.1 Å². The molecule has 1 aliphatic heterocycles. The molecule has 0 aliphatic carbocycles. The van der Waals surface area contributed by atoms with E-state index < -0.39 is 18.2 Å². The van der Waals surface area contributed by atoms with E-state index in [4.69, 9.17) is 19.4 Å². The van der Waals surface area contributed by atoms with Gasteiger partial charge in [0.05, 0.1) is 6.54 Å². The normalized spacial score (nSPS) is 16.9. The van der Waals surface area contributed by atoms with Crippen LogP contribution in [-0.4, -0.2) is 48.7 Å². The quantitative estimate of drug-likeness (QED) is 0.458. The Balaban J connectivity index is 1.45. The number of carboxylic acids is 1. The number of nitrogens with zero attached hydrogens (tertiary/aromatic N) is 2. The number of amides is 1. The molecule has 1 N–H and O–H groups in total. The van der Waals surface area contributed by atoms with Crippen molar-refractivity contribution in [2.24, 2.45) is 5.16 Å². The van der Waals surface area contributed by atoms with Crippen LogP contribution in [0.15, 0.2) is 53.7 Å². The first-order valence-corrected chi connectivity index (χ1v) is 10.1. The van der Waals surface area contributed by atoms with Gasteiger partial charge < -0.3 is 19.4 Å². The standard InChI is InChI=1S/C23H26N2O6/c1-3-20(22(26)27)31-21-10-9-17(13-16(21)2)11-12-24-29-15-19-14-25(23(28)30-19)18-7-5-4-6-8-18/h4-10,12-13,19-20H,3,11,14-15H2,1-2H3,(H,26,27). The van der Waals surface area contributed by atoms with E-state index in [-0.39, 0.29) is 12.7 Å². The van der Waals surface area contributed by atoms with Crippen LogP contribution >= 0.6 is 0 Å². The van der Waals surface area contributed by atoms with Crippen molar-refractivity contribution in [1.82, 2.24) is 0 Å². The van der Waals surface area contributed by atoms with Gasteiger partial charge in [-0.1, -0.05) is 42.4 Å². The van der Waals surface area contributed by atoms with Crippen LogP contribution in [0.25, 0.3) is 0 Å². The number of ether oxygens (including phenoxy) is 2. The number of hydrogen-bond donors (Lipinski definition) is 1. The molecule has 31 heavy (non-hydrogen) atoms. The summed E-state index contributed by atoms with van der Waals surface area (Å²) in [5.74, 6) is -0.424. The third-order valence-corrected chi connectivity index (χ3v) is 4.83. The van der Waals surface area contributed by atoms with Crippen LogP contribution in [0.5, 0.6) is 5.75 Å². The molecule has 164 valence electrons. The van der Waals surface area contributed by atoms with Gasteiger partial charge in [0.15, 0.2) is 18.8 Å². The minimum absolute atomic E-state index is 0.172. The Morgan fingerprint density at radius 2 is 2.10 bits per heavy atom. The van der Waals surface area contributed by atoms with Crippen LogP contribution in [0.4, 0.5) is 10.5 Å². The summed E-state index contributed by atoms with van der Waals surface area (Å²) in [6, 6.07) is 14.9. The maximum atomic E-state index is 12.0. The zero-order chi connectivity index (χ0) is 22.2. The highest BCUT2D eigenvalue weighted by molar-refractivity contribution is 5.89. The van der Waals surface area contributed by atoms with Crippen molar-refractivity contribution in [2.45, 2.75) is 38.9 Å². The first kappa shape index (κ1) is 22.1.